The first-order chi connectivity index (χ1) is 16.6. The molecule has 2 aromatic carbocycles. The lowest BCUT2D eigenvalue weighted by Crippen LogP contribution is -2.08. The fourth-order valence-corrected chi connectivity index (χ4v) is 4.48. The number of anilines is 2. The first-order valence-electron chi connectivity index (χ1n) is 10.8. The van der Waals surface area contributed by atoms with Gasteiger partial charge >= 0.3 is 0 Å². The second-order valence-electron chi connectivity index (χ2n) is 7.72. The van der Waals surface area contributed by atoms with Gasteiger partial charge in [0.1, 0.15) is 17.4 Å². The predicted octanol–water partition coefficient (Wildman–Crippen LogP) is 4.99. The number of nitrogens with one attached hydrogen (secondary N) is 1. The molecule has 3 aromatic heterocycles. The fourth-order valence-electron chi connectivity index (χ4n) is 3.77. The van der Waals surface area contributed by atoms with Crippen molar-refractivity contribution in [3.63, 3.8) is 0 Å². The van der Waals surface area contributed by atoms with E-state index in [1.807, 2.05) is 41.8 Å². The summed E-state index contributed by atoms with van der Waals surface area (Å²) in [5.74, 6) is 0.723. The summed E-state index contributed by atoms with van der Waals surface area (Å²) in [6.07, 6.45) is 0.829. The molecule has 0 radical (unpaired) electrons. The number of nitrogens with two attached hydrogens (primary N) is 1. The number of benzene rings is 2. The van der Waals surface area contributed by atoms with Gasteiger partial charge in [-0.3, -0.25) is 0 Å². The minimum atomic E-state index is -0.459. The zero-order valence-corrected chi connectivity index (χ0v) is 19.3. The van der Waals surface area contributed by atoms with Crippen LogP contribution < -0.4 is 15.8 Å². The molecule has 0 aliphatic rings. The molecule has 7 nitrogen and oxygen atoms in total. The van der Waals surface area contributed by atoms with Crippen molar-refractivity contribution in [3.8, 4) is 17.0 Å². The van der Waals surface area contributed by atoms with Crippen LogP contribution in [0.1, 0.15) is 10.4 Å². The van der Waals surface area contributed by atoms with Crippen molar-refractivity contribution in [2.45, 2.75) is 13.0 Å². The molecule has 172 valence electrons. The number of ether oxygens (including phenoxy) is 1. The molecule has 3 heterocycles. The average Bonchev–Trinajstić information content (AvgIpc) is 3.47. The summed E-state index contributed by atoms with van der Waals surface area (Å²) in [5, 5.41) is 10.4. The van der Waals surface area contributed by atoms with Crippen molar-refractivity contribution in [2.75, 3.05) is 24.7 Å². The van der Waals surface area contributed by atoms with Gasteiger partial charge in [0.15, 0.2) is 5.65 Å². The van der Waals surface area contributed by atoms with E-state index in [0.29, 0.717) is 52.9 Å². The number of methoxy groups -OCH3 is 1. The van der Waals surface area contributed by atoms with Crippen LogP contribution >= 0.6 is 11.3 Å². The molecule has 0 amide bonds. The monoisotopic (exact) mass is 474 g/mol. The second-order valence-corrected chi connectivity index (χ2v) is 8.76. The molecular formula is C25H23FN6OS. The van der Waals surface area contributed by atoms with E-state index in [1.165, 1.54) is 18.1 Å². The van der Waals surface area contributed by atoms with Gasteiger partial charge in [0, 0.05) is 23.1 Å². The molecule has 0 aliphatic carbocycles. The largest absolute Gasteiger partial charge is 0.497 e. The van der Waals surface area contributed by atoms with Crippen molar-refractivity contribution < 1.29 is 9.13 Å². The van der Waals surface area contributed by atoms with E-state index in [9.17, 15) is 0 Å². The van der Waals surface area contributed by atoms with Crippen molar-refractivity contribution in [1.82, 2.24) is 19.7 Å². The molecule has 0 saturated heterocycles. The Labute approximate surface area is 200 Å². The number of rotatable bonds is 8. The molecule has 3 N–H and O–H groups in total. The van der Waals surface area contributed by atoms with Crippen LogP contribution in [0.4, 0.5) is 16.2 Å². The van der Waals surface area contributed by atoms with Crippen LogP contribution in [0.2, 0.25) is 0 Å². The van der Waals surface area contributed by atoms with Gasteiger partial charge in [-0.15, -0.1) is 16.4 Å². The lowest BCUT2D eigenvalue weighted by Gasteiger charge is -2.10. The van der Waals surface area contributed by atoms with Gasteiger partial charge in [0.05, 0.1) is 24.7 Å². The van der Waals surface area contributed by atoms with Gasteiger partial charge < -0.3 is 15.8 Å². The quantitative estimate of drug-likeness (QED) is 0.329. The van der Waals surface area contributed by atoms with E-state index >= 15 is 4.39 Å². The van der Waals surface area contributed by atoms with Gasteiger partial charge in [0.25, 0.3) is 0 Å². The Balaban J connectivity index is 1.57. The Morgan fingerprint density at radius 2 is 1.94 bits per heavy atom. The highest BCUT2D eigenvalue weighted by molar-refractivity contribution is 7.09. The molecule has 5 rings (SSSR count). The zero-order chi connectivity index (χ0) is 23.5. The van der Waals surface area contributed by atoms with Crippen molar-refractivity contribution in [1.29, 1.82) is 0 Å². The number of hydrogen-bond donors (Lipinski definition) is 2. The summed E-state index contributed by atoms with van der Waals surface area (Å²) < 4.78 is 21.9. The van der Waals surface area contributed by atoms with Crippen LogP contribution in [0.15, 0.2) is 66.0 Å². The van der Waals surface area contributed by atoms with Crippen LogP contribution in [0.25, 0.3) is 22.3 Å². The van der Waals surface area contributed by atoms with Crippen LogP contribution in [0.5, 0.6) is 5.75 Å². The minimum absolute atomic E-state index is 0.306. The summed E-state index contributed by atoms with van der Waals surface area (Å²) in [4.78, 5) is 10.5. The van der Waals surface area contributed by atoms with E-state index in [0.717, 1.165) is 12.0 Å². The molecule has 0 spiro atoms. The van der Waals surface area contributed by atoms with Gasteiger partial charge in [-0.05, 0) is 35.6 Å². The van der Waals surface area contributed by atoms with E-state index in [2.05, 4.69) is 26.4 Å². The maximum atomic E-state index is 15.1. The highest BCUT2D eigenvalue weighted by atomic mass is 32.1. The van der Waals surface area contributed by atoms with Crippen molar-refractivity contribution >= 4 is 34.1 Å². The van der Waals surface area contributed by atoms with E-state index < -0.39 is 5.82 Å². The van der Waals surface area contributed by atoms with E-state index in [-0.39, 0.29) is 0 Å². The third kappa shape index (κ3) is 4.42. The average molecular weight is 475 g/mol. The highest BCUT2D eigenvalue weighted by Gasteiger charge is 2.21. The third-order valence-electron chi connectivity index (χ3n) is 5.48. The molecule has 0 aliphatic heterocycles. The van der Waals surface area contributed by atoms with Gasteiger partial charge in [-0.2, -0.15) is 4.98 Å². The van der Waals surface area contributed by atoms with Gasteiger partial charge in [-0.25, -0.2) is 14.1 Å². The van der Waals surface area contributed by atoms with Crippen LogP contribution in [-0.2, 0) is 13.0 Å². The fraction of sp³-hybridized carbons (Fsp3) is 0.160. The zero-order valence-electron chi connectivity index (χ0n) is 18.5. The summed E-state index contributed by atoms with van der Waals surface area (Å²) in [7, 11) is 1.50. The SMILES string of the molecule is COc1ccc(-c2nc(NCCc3cccs3)nc3nn(Cc4ccccc4)c(N)c23)c(F)c1. The Kier molecular flexibility index (Phi) is 6.09. The first kappa shape index (κ1) is 21.8. The van der Waals surface area contributed by atoms with E-state index in [4.69, 9.17) is 10.5 Å². The topological polar surface area (TPSA) is 90.9 Å². The number of hydrogen-bond acceptors (Lipinski definition) is 7. The number of nitrogens with zero attached hydrogens (tertiary/aromatic N) is 4. The summed E-state index contributed by atoms with van der Waals surface area (Å²) in [6, 6.07) is 18.6. The number of nitrogen functional groups attached to an aromatic ring is 1. The molecule has 0 saturated carbocycles. The highest BCUT2D eigenvalue weighted by Crippen LogP contribution is 2.34. The van der Waals surface area contributed by atoms with Crippen molar-refractivity contribution in [3.05, 3.63) is 82.3 Å². The molecule has 0 fully saturated rings. The third-order valence-corrected chi connectivity index (χ3v) is 6.42. The Morgan fingerprint density at radius 1 is 1.09 bits per heavy atom. The standard InChI is InChI=1S/C25H23FN6OS/c1-33-17-9-10-19(20(26)14-17)22-21-23(27)32(15-16-6-3-2-4-7-16)31-24(21)30-25(29-22)28-12-11-18-8-5-13-34-18/h2-10,13-14H,11-12,15,27H2,1H3,(H,28,30,31). The molecule has 0 unspecified atom stereocenters. The molecule has 0 atom stereocenters. The van der Waals surface area contributed by atoms with Gasteiger partial charge in [-0.1, -0.05) is 36.4 Å². The number of fused-ring (bicyclic) bond motifs is 1. The normalized spacial score (nSPS) is 11.1. The molecule has 9 heteroatoms. The van der Waals surface area contributed by atoms with Gasteiger partial charge in [0.2, 0.25) is 5.95 Å². The summed E-state index contributed by atoms with van der Waals surface area (Å²) in [6.45, 7) is 1.10. The first-order valence-corrected chi connectivity index (χ1v) is 11.7. The number of aromatic nitrogens is 4. The lowest BCUT2D eigenvalue weighted by molar-refractivity contribution is 0.411. The lowest BCUT2D eigenvalue weighted by atomic mass is 10.1. The maximum absolute atomic E-state index is 15.1. The van der Waals surface area contributed by atoms with Crippen LogP contribution in [-0.4, -0.2) is 33.4 Å². The predicted molar refractivity (Wildman–Crippen MR) is 134 cm³/mol. The second kappa shape index (κ2) is 9.48. The van der Waals surface area contributed by atoms with Crippen molar-refractivity contribution in [2.24, 2.45) is 0 Å². The smallest absolute Gasteiger partial charge is 0.225 e. The summed E-state index contributed by atoms with van der Waals surface area (Å²) in [5.41, 5.74) is 8.65. The van der Waals surface area contributed by atoms with Crippen LogP contribution in [0.3, 0.4) is 0 Å². The Hall–Kier alpha value is -3.98. The molecule has 34 heavy (non-hydrogen) atoms. The molecule has 5 aromatic rings. The Morgan fingerprint density at radius 3 is 2.68 bits per heavy atom. The summed E-state index contributed by atoms with van der Waals surface area (Å²) >= 11 is 1.70. The molecule has 0 bridgehead atoms. The number of halogens is 1. The van der Waals surface area contributed by atoms with E-state index in [1.54, 1.807) is 28.2 Å². The molecular weight excluding hydrogens is 451 g/mol. The Bertz CT molecular complexity index is 1420. The van der Waals surface area contributed by atoms with Crippen LogP contribution in [0, 0.1) is 5.82 Å². The number of thiophene rings is 1. The maximum Gasteiger partial charge on any atom is 0.225 e. The minimum Gasteiger partial charge on any atom is -0.497 e.